The van der Waals surface area contributed by atoms with Crippen LogP contribution in [0.1, 0.15) is 76.1 Å². The first-order valence-electron chi connectivity index (χ1n) is 16.7. The Bertz CT molecular complexity index is 1890. The predicted octanol–water partition coefficient (Wildman–Crippen LogP) is 1.11. The summed E-state index contributed by atoms with van der Waals surface area (Å²) >= 11 is 0.962. The maximum Gasteiger partial charge on any atom is 0.418 e. The van der Waals surface area contributed by atoms with Crippen molar-refractivity contribution >= 4 is 56.2 Å². The van der Waals surface area contributed by atoms with Crippen molar-refractivity contribution in [2.24, 2.45) is 10.9 Å². The summed E-state index contributed by atoms with van der Waals surface area (Å²) in [4.78, 5) is 48.5. The van der Waals surface area contributed by atoms with Gasteiger partial charge in [-0.05, 0) is 89.5 Å². The first-order valence-corrected chi connectivity index (χ1v) is 19.0. The van der Waals surface area contributed by atoms with Crippen molar-refractivity contribution in [3.8, 4) is 5.75 Å². The third-order valence-electron chi connectivity index (χ3n) is 9.89. The SMILES string of the molecule is COCCC1(N)CCC(NC(=N)c2ccc3c(c2)CC[C@H]([C@](C)(O/N=C(\C(=O)N[C@@H]2C(=O)N(OS(=O)(=O)O)C2(C)C)c2csc(N)n2)C(=O)O)O3)CC1. The molecule has 290 valence electrons. The molecule has 3 heterocycles. The summed E-state index contributed by atoms with van der Waals surface area (Å²) in [5.41, 5.74) is 9.26. The summed E-state index contributed by atoms with van der Waals surface area (Å²) in [7, 11) is -3.38. The highest BCUT2D eigenvalue weighted by molar-refractivity contribution is 7.80. The van der Waals surface area contributed by atoms with E-state index in [2.05, 4.69) is 25.1 Å². The Labute approximate surface area is 309 Å². The van der Waals surface area contributed by atoms with Gasteiger partial charge in [-0.25, -0.2) is 9.78 Å². The molecule has 2 fully saturated rings. The van der Waals surface area contributed by atoms with Crippen molar-refractivity contribution in [2.75, 3.05) is 19.5 Å². The van der Waals surface area contributed by atoms with Crippen LogP contribution in [-0.4, -0.2) is 106 Å². The zero-order valence-electron chi connectivity index (χ0n) is 29.6. The van der Waals surface area contributed by atoms with Crippen LogP contribution in [0.25, 0.3) is 0 Å². The fraction of sp³-hybridized carbons (Fsp3) is 0.562. The topological polar surface area (TPSA) is 291 Å². The molecule has 0 unspecified atom stereocenters. The number of hydrogen-bond acceptors (Lipinski definition) is 15. The number of nitrogens with zero attached hydrogens (tertiary/aromatic N) is 3. The van der Waals surface area contributed by atoms with Gasteiger partial charge in [0, 0.05) is 36.2 Å². The first kappa shape index (κ1) is 39.8. The molecule has 3 aliphatic rings. The third kappa shape index (κ3) is 8.71. The first-order chi connectivity index (χ1) is 24.8. The fourth-order valence-corrected chi connectivity index (χ4v) is 7.51. The van der Waals surface area contributed by atoms with Crippen LogP contribution < -0.4 is 26.8 Å². The number of anilines is 1. The lowest BCUT2D eigenvalue weighted by molar-refractivity contribution is -0.218. The number of oxime groups is 1. The van der Waals surface area contributed by atoms with Gasteiger partial charge in [-0.1, -0.05) is 5.16 Å². The largest absolute Gasteiger partial charge is 0.485 e. The number of rotatable bonds is 14. The Morgan fingerprint density at radius 2 is 1.94 bits per heavy atom. The number of hydroxylamine groups is 2. The number of hydrogen-bond donors (Lipinski definition) is 7. The number of thiazole rings is 1. The molecule has 1 saturated carbocycles. The van der Waals surface area contributed by atoms with Gasteiger partial charge in [-0.2, -0.15) is 13.5 Å². The predicted molar refractivity (Wildman–Crippen MR) is 190 cm³/mol. The van der Waals surface area contributed by atoms with Gasteiger partial charge in [0.05, 0.1) is 5.54 Å². The second-order valence-corrected chi connectivity index (χ2v) is 16.0. The van der Waals surface area contributed by atoms with E-state index in [1.165, 1.54) is 26.2 Å². The molecule has 19 nitrogen and oxygen atoms in total. The number of methoxy groups -OCH3 is 1. The number of ether oxygens (including phenoxy) is 2. The van der Waals surface area contributed by atoms with Gasteiger partial charge in [0.1, 0.15) is 23.3 Å². The van der Waals surface area contributed by atoms with Crippen molar-refractivity contribution in [1.29, 1.82) is 5.41 Å². The molecule has 2 amide bonds. The van der Waals surface area contributed by atoms with E-state index in [4.69, 9.17) is 35.7 Å². The van der Waals surface area contributed by atoms with Crippen molar-refractivity contribution in [3.05, 3.63) is 40.4 Å². The second kappa shape index (κ2) is 15.1. The Morgan fingerprint density at radius 3 is 2.53 bits per heavy atom. The molecule has 3 atom stereocenters. The summed E-state index contributed by atoms with van der Waals surface area (Å²) in [6, 6.07) is 3.96. The van der Waals surface area contributed by atoms with Gasteiger partial charge in [0.15, 0.2) is 16.9 Å². The van der Waals surface area contributed by atoms with E-state index in [1.807, 2.05) is 6.07 Å². The van der Waals surface area contributed by atoms with E-state index in [0.717, 1.165) is 49.0 Å². The number of benzene rings is 1. The highest BCUT2D eigenvalue weighted by atomic mass is 32.3. The Morgan fingerprint density at radius 1 is 1.25 bits per heavy atom. The molecule has 5 rings (SSSR count). The van der Waals surface area contributed by atoms with Crippen LogP contribution >= 0.6 is 11.3 Å². The van der Waals surface area contributed by atoms with E-state index in [-0.39, 0.29) is 34.7 Å². The van der Waals surface area contributed by atoms with E-state index >= 15 is 0 Å². The number of fused-ring (bicyclic) bond motifs is 1. The molecule has 53 heavy (non-hydrogen) atoms. The number of aryl methyl sites for hydroxylation is 1. The van der Waals surface area contributed by atoms with Crippen LogP contribution in [0.4, 0.5) is 5.13 Å². The highest BCUT2D eigenvalue weighted by Gasteiger charge is 2.58. The number of aliphatic carboxylic acids is 1. The van der Waals surface area contributed by atoms with Gasteiger partial charge >= 0.3 is 16.4 Å². The van der Waals surface area contributed by atoms with Gasteiger partial charge in [0.25, 0.3) is 17.4 Å². The molecule has 1 aliphatic carbocycles. The number of carbonyl (C=O) groups excluding carboxylic acids is 2. The molecule has 9 N–H and O–H groups in total. The summed E-state index contributed by atoms with van der Waals surface area (Å²) in [6.07, 6.45) is 3.57. The number of carbonyl (C=O) groups is 3. The zero-order chi connectivity index (χ0) is 38.9. The second-order valence-electron chi connectivity index (χ2n) is 14.1. The molecule has 2 aromatic rings. The number of nitrogens with two attached hydrogens (primary N) is 2. The summed E-state index contributed by atoms with van der Waals surface area (Å²) in [6.45, 7) is 4.59. The quantitative estimate of drug-likeness (QED) is 0.0465. The third-order valence-corrected chi connectivity index (χ3v) is 10.9. The standard InChI is InChI=1S/C32H44N8O11S2/c1-30(2)24(27(42)40(30)51-53(45,46)47)38-26(41)23(20-16-52-29(34)37-20)39-50-31(3,28(43)44)22-8-6-17-15-18(5-7-21(17)49-22)25(33)36-19-9-11-32(35,12-10-19)13-14-48-4/h5,7,15-16,19,22,24H,6,8-14,35H2,1-4H3,(H2,33,36)(H2,34,37)(H,38,41)(H,43,44)(H,45,46,47)/b39-23-/t19?,22-,24-,31+,32?/m1/s1. The number of amidine groups is 1. The lowest BCUT2D eigenvalue weighted by atomic mass is 9.78. The Hall–Kier alpha value is -4.41. The molecule has 21 heteroatoms. The average Bonchev–Trinajstić information content (AvgIpc) is 3.54. The lowest BCUT2D eigenvalue weighted by Crippen LogP contribution is -2.76. The van der Waals surface area contributed by atoms with Gasteiger partial charge in [-0.15, -0.1) is 15.6 Å². The zero-order valence-corrected chi connectivity index (χ0v) is 31.2. The van der Waals surface area contributed by atoms with Gasteiger partial charge < -0.3 is 41.5 Å². The number of nitrogens with one attached hydrogen (secondary N) is 3. The summed E-state index contributed by atoms with van der Waals surface area (Å²) < 4.78 is 47.1. The normalized spacial score (nSPS) is 25.2. The number of β-lactam (4-membered cyclic amide) rings is 1. The molecular formula is C32H44N8O11S2. The highest BCUT2D eigenvalue weighted by Crippen LogP contribution is 2.36. The number of amides is 2. The van der Waals surface area contributed by atoms with Crippen LogP contribution in [-0.2, 0) is 45.1 Å². The molecular weight excluding hydrogens is 737 g/mol. The number of carboxylic acid groups (broad SMARTS) is 1. The molecule has 1 saturated heterocycles. The fourth-order valence-electron chi connectivity index (χ4n) is 6.51. The molecule has 0 bridgehead atoms. The summed E-state index contributed by atoms with van der Waals surface area (Å²) in [5, 5.41) is 30.5. The van der Waals surface area contributed by atoms with Crippen LogP contribution in [0.2, 0.25) is 0 Å². The van der Waals surface area contributed by atoms with Crippen molar-refractivity contribution in [2.45, 2.75) is 101 Å². The smallest absolute Gasteiger partial charge is 0.418 e. The maximum atomic E-state index is 13.5. The maximum absolute atomic E-state index is 13.5. The minimum Gasteiger partial charge on any atom is -0.485 e. The van der Waals surface area contributed by atoms with Gasteiger partial charge in [-0.3, -0.25) is 19.6 Å². The minimum atomic E-state index is -5.04. The number of carboxylic acids is 1. The van der Waals surface area contributed by atoms with E-state index in [1.54, 1.807) is 19.2 Å². The molecule has 0 spiro atoms. The Balaban J connectivity index is 1.28. The minimum absolute atomic E-state index is 0.0541. The van der Waals surface area contributed by atoms with Crippen molar-refractivity contribution in [3.63, 3.8) is 0 Å². The van der Waals surface area contributed by atoms with E-state index < -0.39 is 57.2 Å². The number of nitrogen functional groups attached to an aromatic ring is 1. The van der Waals surface area contributed by atoms with E-state index in [0.29, 0.717) is 29.4 Å². The van der Waals surface area contributed by atoms with Crippen molar-refractivity contribution < 1.29 is 51.1 Å². The molecule has 0 radical (unpaired) electrons. The monoisotopic (exact) mass is 780 g/mol. The van der Waals surface area contributed by atoms with Crippen LogP contribution in [0.3, 0.4) is 0 Å². The van der Waals surface area contributed by atoms with E-state index in [9.17, 15) is 27.9 Å². The van der Waals surface area contributed by atoms with Crippen molar-refractivity contribution in [1.82, 2.24) is 20.7 Å². The number of aromatic nitrogens is 1. The molecule has 1 aromatic carbocycles. The van der Waals surface area contributed by atoms with Gasteiger partial charge in [0.2, 0.25) is 0 Å². The summed E-state index contributed by atoms with van der Waals surface area (Å²) in [5.74, 6) is -2.81. The lowest BCUT2D eigenvalue weighted by Gasteiger charge is -2.50. The van der Waals surface area contributed by atoms with Crippen LogP contribution in [0, 0.1) is 5.41 Å². The average molecular weight is 781 g/mol. The molecule has 2 aliphatic heterocycles. The van der Waals surface area contributed by atoms with Crippen LogP contribution in [0.15, 0.2) is 28.7 Å². The molecule has 1 aromatic heterocycles. The van der Waals surface area contributed by atoms with Crippen LogP contribution in [0.5, 0.6) is 5.75 Å². The Kier molecular flexibility index (Phi) is 11.4.